The molecule has 1 heterocycles. The maximum atomic E-state index is 12.0. The second kappa shape index (κ2) is 11.4. The molecule has 5 nitrogen and oxygen atoms in total. The Labute approximate surface area is 175 Å². The first kappa shape index (κ1) is 22.7. The Kier molecular flexibility index (Phi) is 9.98. The van der Waals surface area contributed by atoms with Crippen molar-refractivity contribution in [3.8, 4) is 0 Å². The molecule has 0 aromatic heterocycles. The summed E-state index contributed by atoms with van der Waals surface area (Å²) in [6, 6.07) is 9.02. The number of amides is 1. The first-order valence-corrected chi connectivity index (χ1v) is 9.31. The number of aryl methyl sites for hydroxylation is 1. The molecule has 1 amide bonds. The van der Waals surface area contributed by atoms with Gasteiger partial charge in [-0.3, -0.25) is 9.79 Å². The van der Waals surface area contributed by atoms with Crippen LogP contribution in [-0.2, 0) is 11.2 Å². The van der Waals surface area contributed by atoms with Crippen LogP contribution in [0, 0.1) is 12.8 Å². The predicted molar refractivity (Wildman–Crippen MR) is 119 cm³/mol. The number of nitrogens with one attached hydrogen (secondary N) is 2. The van der Waals surface area contributed by atoms with Crippen molar-refractivity contribution in [2.45, 2.75) is 46.1 Å². The van der Waals surface area contributed by atoms with E-state index in [1.165, 1.54) is 11.1 Å². The van der Waals surface area contributed by atoms with E-state index < -0.39 is 0 Å². The number of aliphatic imine (C=N–C) groups is 1. The van der Waals surface area contributed by atoms with Gasteiger partial charge in [0, 0.05) is 38.6 Å². The molecule has 1 saturated heterocycles. The number of guanidine groups is 1. The van der Waals surface area contributed by atoms with E-state index in [4.69, 9.17) is 0 Å². The Morgan fingerprint density at radius 2 is 1.85 bits per heavy atom. The molecular weight excluding hydrogens is 439 g/mol. The molecule has 2 N–H and O–H groups in total. The molecule has 2 rings (SSSR count). The van der Waals surface area contributed by atoms with Crippen molar-refractivity contribution in [3.05, 3.63) is 35.4 Å². The molecule has 0 radical (unpaired) electrons. The van der Waals surface area contributed by atoms with E-state index >= 15 is 0 Å². The van der Waals surface area contributed by atoms with Crippen LogP contribution >= 0.6 is 24.0 Å². The predicted octanol–water partition coefficient (Wildman–Crippen LogP) is 2.97. The smallest absolute Gasteiger partial charge is 0.225 e. The normalized spacial score (nSPS) is 15.6. The third-order valence-corrected chi connectivity index (χ3v) is 4.69. The molecule has 1 aliphatic heterocycles. The van der Waals surface area contributed by atoms with E-state index in [1.54, 1.807) is 7.05 Å². The van der Waals surface area contributed by atoms with Gasteiger partial charge in [0.25, 0.3) is 0 Å². The van der Waals surface area contributed by atoms with Crippen LogP contribution in [0.25, 0.3) is 0 Å². The summed E-state index contributed by atoms with van der Waals surface area (Å²) < 4.78 is 0. The lowest BCUT2D eigenvalue weighted by molar-refractivity contribution is -0.135. The summed E-state index contributed by atoms with van der Waals surface area (Å²) in [4.78, 5) is 18.4. The quantitative estimate of drug-likeness (QED) is 0.394. The average Bonchev–Trinajstić information content (AvgIpc) is 2.62. The number of hydrogen-bond acceptors (Lipinski definition) is 2. The van der Waals surface area contributed by atoms with Crippen LogP contribution in [0.3, 0.4) is 0 Å². The van der Waals surface area contributed by atoms with Gasteiger partial charge < -0.3 is 15.5 Å². The Hall–Kier alpha value is -1.31. The zero-order valence-corrected chi connectivity index (χ0v) is 18.7. The third kappa shape index (κ3) is 7.13. The number of rotatable bonds is 5. The van der Waals surface area contributed by atoms with E-state index in [9.17, 15) is 4.79 Å². The second-order valence-electron chi connectivity index (χ2n) is 7.13. The van der Waals surface area contributed by atoms with Crippen molar-refractivity contribution >= 4 is 35.8 Å². The Balaban J connectivity index is 0.00000338. The summed E-state index contributed by atoms with van der Waals surface area (Å²) in [5.74, 6) is 1.19. The Morgan fingerprint density at radius 1 is 1.23 bits per heavy atom. The number of halogens is 1. The van der Waals surface area contributed by atoms with E-state index in [-0.39, 0.29) is 35.8 Å². The zero-order chi connectivity index (χ0) is 18.2. The average molecular weight is 472 g/mol. The largest absolute Gasteiger partial charge is 0.356 e. The van der Waals surface area contributed by atoms with Crippen molar-refractivity contribution in [2.75, 3.05) is 26.7 Å². The number of likely N-dealkylation sites (tertiary alicyclic amines) is 1. The zero-order valence-electron chi connectivity index (χ0n) is 16.4. The van der Waals surface area contributed by atoms with Gasteiger partial charge in [-0.1, -0.05) is 43.7 Å². The molecule has 0 unspecified atom stereocenters. The van der Waals surface area contributed by atoms with Crippen molar-refractivity contribution in [3.63, 3.8) is 0 Å². The summed E-state index contributed by atoms with van der Waals surface area (Å²) in [6.45, 7) is 8.55. The third-order valence-electron chi connectivity index (χ3n) is 4.69. The van der Waals surface area contributed by atoms with Gasteiger partial charge in [0.1, 0.15) is 0 Å². The number of hydrogen-bond donors (Lipinski definition) is 2. The van der Waals surface area contributed by atoms with Crippen LogP contribution in [0.15, 0.2) is 29.3 Å². The standard InChI is InChI=1S/C20H32N4O.HI/c1-15(2)19(25)24-13-10-18(11-14-24)23-20(21-4)22-12-9-17-7-5-16(3)6-8-17;/h5-8,15,18H,9-14H2,1-4H3,(H2,21,22,23);1H. The van der Waals surface area contributed by atoms with Gasteiger partial charge in [0.2, 0.25) is 5.91 Å². The van der Waals surface area contributed by atoms with Gasteiger partial charge in [0.05, 0.1) is 0 Å². The fourth-order valence-electron chi connectivity index (χ4n) is 3.08. The maximum absolute atomic E-state index is 12.0. The van der Waals surface area contributed by atoms with Gasteiger partial charge in [-0.15, -0.1) is 24.0 Å². The molecule has 1 aliphatic rings. The summed E-state index contributed by atoms with van der Waals surface area (Å²) in [7, 11) is 1.80. The molecular formula is C20H33IN4O. The first-order valence-electron chi connectivity index (χ1n) is 9.31. The van der Waals surface area contributed by atoms with E-state index in [1.807, 2.05) is 18.7 Å². The summed E-state index contributed by atoms with van der Waals surface area (Å²) >= 11 is 0. The number of carbonyl (C=O) groups is 1. The van der Waals surface area contributed by atoms with E-state index in [2.05, 4.69) is 46.8 Å². The summed E-state index contributed by atoms with van der Waals surface area (Å²) in [6.07, 6.45) is 2.91. The molecule has 0 saturated carbocycles. The van der Waals surface area contributed by atoms with Crippen LogP contribution in [0.4, 0.5) is 0 Å². The monoisotopic (exact) mass is 472 g/mol. The lowest BCUT2D eigenvalue weighted by Gasteiger charge is -2.34. The lowest BCUT2D eigenvalue weighted by atomic mass is 10.0. The van der Waals surface area contributed by atoms with Gasteiger partial charge >= 0.3 is 0 Å². The molecule has 1 aromatic rings. The van der Waals surface area contributed by atoms with E-state index in [0.717, 1.165) is 44.9 Å². The fourth-order valence-corrected chi connectivity index (χ4v) is 3.08. The topological polar surface area (TPSA) is 56.7 Å². The van der Waals surface area contributed by atoms with Crippen LogP contribution in [0.1, 0.15) is 37.8 Å². The number of nitrogens with zero attached hydrogens (tertiary/aromatic N) is 2. The molecule has 1 fully saturated rings. The lowest BCUT2D eigenvalue weighted by Crippen LogP contribution is -2.50. The molecule has 146 valence electrons. The van der Waals surface area contributed by atoms with Crippen LogP contribution in [-0.4, -0.2) is 49.5 Å². The van der Waals surface area contributed by atoms with Gasteiger partial charge in [0.15, 0.2) is 5.96 Å². The summed E-state index contributed by atoms with van der Waals surface area (Å²) in [5, 5.41) is 6.88. The second-order valence-corrected chi connectivity index (χ2v) is 7.13. The number of benzene rings is 1. The van der Waals surface area contributed by atoms with Gasteiger partial charge in [-0.25, -0.2) is 0 Å². The van der Waals surface area contributed by atoms with E-state index in [0.29, 0.717) is 6.04 Å². The maximum Gasteiger partial charge on any atom is 0.225 e. The van der Waals surface area contributed by atoms with Gasteiger partial charge in [-0.05, 0) is 31.7 Å². The van der Waals surface area contributed by atoms with Crippen LogP contribution in [0.2, 0.25) is 0 Å². The Bertz CT molecular complexity index is 578. The highest BCUT2D eigenvalue weighted by Crippen LogP contribution is 2.13. The molecule has 0 atom stereocenters. The van der Waals surface area contributed by atoms with Crippen LogP contribution in [0.5, 0.6) is 0 Å². The highest BCUT2D eigenvalue weighted by Gasteiger charge is 2.24. The van der Waals surface area contributed by atoms with Gasteiger partial charge in [-0.2, -0.15) is 0 Å². The molecule has 0 bridgehead atoms. The number of piperidine rings is 1. The van der Waals surface area contributed by atoms with Crippen molar-refractivity contribution < 1.29 is 4.79 Å². The molecule has 6 heteroatoms. The highest BCUT2D eigenvalue weighted by atomic mass is 127. The minimum atomic E-state index is 0. The molecule has 1 aromatic carbocycles. The number of carbonyl (C=O) groups excluding carboxylic acids is 1. The van der Waals surface area contributed by atoms with Crippen molar-refractivity contribution in [1.82, 2.24) is 15.5 Å². The highest BCUT2D eigenvalue weighted by molar-refractivity contribution is 14.0. The fraction of sp³-hybridized carbons (Fsp3) is 0.600. The van der Waals surface area contributed by atoms with Crippen molar-refractivity contribution in [2.24, 2.45) is 10.9 Å². The SMILES string of the molecule is CN=C(NCCc1ccc(C)cc1)NC1CCN(C(=O)C(C)C)CC1.I. The first-order chi connectivity index (χ1) is 12.0. The van der Waals surface area contributed by atoms with Crippen molar-refractivity contribution in [1.29, 1.82) is 0 Å². The molecule has 0 aliphatic carbocycles. The summed E-state index contributed by atoms with van der Waals surface area (Å²) in [5.41, 5.74) is 2.62. The minimum Gasteiger partial charge on any atom is -0.356 e. The molecule has 0 spiro atoms. The van der Waals surface area contributed by atoms with Crippen LogP contribution < -0.4 is 10.6 Å². The Morgan fingerprint density at radius 3 is 2.38 bits per heavy atom. The molecule has 26 heavy (non-hydrogen) atoms. The minimum absolute atomic E-state index is 0.